The van der Waals surface area contributed by atoms with E-state index in [1.807, 2.05) is 24.4 Å². The molecule has 0 atom stereocenters. The minimum absolute atomic E-state index is 0.865. The zero-order chi connectivity index (χ0) is 12.1. The topological polar surface area (TPSA) is 22.1 Å². The second kappa shape index (κ2) is 5.73. The fourth-order valence-electron chi connectivity index (χ4n) is 1.55. The smallest absolute Gasteiger partial charge is 0.133 e. The van der Waals surface area contributed by atoms with Crippen LogP contribution < -0.4 is 4.74 Å². The molecule has 0 bridgehead atoms. The molecule has 0 unspecified atom stereocenters. The summed E-state index contributed by atoms with van der Waals surface area (Å²) in [4.78, 5) is 5.34. The highest BCUT2D eigenvalue weighted by atomic mass is 32.2. The van der Waals surface area contributed by atoms with E-state index in [-0.39, 0.29) is 0 Å². The number of rotatable bonds is 4. The minimum Gasteiger partial charge on any atom is -0.457 e. The first-order valence-electron chi connectivity index (χ1n) is 5.58. The zero-order valence-corrected chi connectivity index (χ0v) is 10.8. The summed E-state index contributed by atoms with van der Waals surface area (Å²) in [6, 6.07) is 10.0. The van der Waals surface area contributed by atoms with Gasteiger partial charge in [0.25, 0.3) is 0 Å². The third kappa shape index (κ3) is 3.01. The van der Waals surface area contributed by atoms with E-state index in [1.54, 1.807) is 18.0 Å². The highest BCUT2D eigenvalue weighted by Crippen LogP contribution is 2.26. The Morgan fingerprint density at radius 1 is 1.18 bits per heavy atom. The van der Waals surface area contributed by atoms with Crippen LogP contribution in [-0.2, 0) is 6.42 Å². The molecule has 0 spiro atoms. The maximum absolute atomic E-state index is 5.85. The summed E-state index contributed by atoms with van der Waals surface area (Å²) >= 11 is 1.73. The molecule has 0 fully saturated rings. The molecule has 0 N–H and O–H groups in total. The van der Waals surface area contributed by atoms with E-state index >= 15 is 0 Å². The molecule has 0 aliphatic heterocycles. The molecule has 0 radical (unpaired) electrons. The SMILES string of the molecule is CCc1cnccc1Oc1ccc(SC)cc1. The number of ether oxygens (including phenoxy) is 1. The Bertz CT molecular complexity index is 482. The fraction of sp³-hybridized carbons (Fsp3) is 0.214. The van der Waals surface area contributed by atoms with Gasteiger partial charge in [-0.3, -0.25) is 4.98 Å². The first kappa shape index (κ1) is 12.0. The van der Waals surface area contributed by atoms with Crippen LogP contribution in [0.25, 0.3) is 0 Å². The van der Waals surface area contributed by atoms with Crippen LogP contribution in [0.1, 0.15) is 12.5 Å². The molecule has 2 aromatic rings. The average molecular weight is 245 g/mol. The number of nitrogens with zero attached hydrogens (tertiary/aromatic N) is 1. The predicted octanol–water partition coefficient (Wildman–Crippen LogP) is 4.16. The molecule has 3 heteroatoms. The van der Waals surface area contributed by atoms with Gasteiger partial charge in [0.1, 0.15) is 11.5 Å². The Morgan fingerprint density at radius 2 is 1.94 bits per heavy atom. The van der Waals surface area contributed by atoms with Crippen LogP contribution in [0.15, 0.2) is 47.6 Å². The van der Waals surface area contributed by atoms with Gasteiger partial charge in [-0.15, -0.1) is 11.8 Å². The predicted molar refractivity (Wildman–Crippen MR) is 71.9 cm³/mol. The maximum Gasteiger partial charge on any atom is 0.133 e. The van der Waals surface area contributed by atoms with E-state index in [0.717, 1.165) is 23.5 Å². The van der Waals surface area contributed by atoms with E-state index in [0.29, 0.717) is 0 Å². The van der Waals surface area contributed by atoms with Gasteiger partial charge in [0, 0.05) is 22.9 Å². The fourth-order valence-corrected chi connectivity index (χ4v) is 1.96. The van der Waals surface area contributed by atoms with Gasteiger partial charge in [-0.2, -0.15) is 0 Å². The highest BCUT2D eigenvalue weighted by Gasteiger charge is 2.02. The van der Waals surface area contributed by atoms with Crippen LogP contribution in [0, 0.1) is 0 Å². The van der Waals surface area contributed by atoms with Crippen molar-refractivity contribution in [3.63, 3.8) is 0 Å². The summed E-state index contributed by atoms with van der Waals surface area (Å²) in [6.45, 7) is 2.10. The van der Waals surface area contributed by atoms with Crippen LogP contribution in [0.5, 0.6) is 11.5 Å². The Kier molecular flexibility index (Phi) is 4.04. The number of aryl methyl sites for hydroxylation is 1. The Labute approximate surface area is 106 Å². The molecule has 2 nitrogen and oxygen atoms in total. The van der Waals surface area contributed by atoms with Gasteiger partial charge in [-0.25, -0.2) is 0 Å². The number of hydrogen-bond acceptors (Lipinski definition) is 3. The average Bonchev–Trinajstić information content (AvgIpc) is 2.40. The van der Waals surface area contributed by atoms with Gasteiger partial charge in [0.15, 0.2) is 0 Å². The molecule has 2 rings (SSSR count). The number of thioether (sulfide) groups is 1. The third-order valence-electron chi connectivity index (χ3n) is 2.53. The van der Waals surface area contributed by atoms with Crippen molar-refractivity contribution in [3.05, 3.63) is 48.3 Å². The van der Waals surface area contributed by atoms with Crippen LogP contribution in [0.3, 0.4) is 0 Å². The Balaban J connectivity index is 2.19. The van der Waals surface area contributed by atoms with Crippen molar-refractivity contribution in [2.45, 2.75) is 18.2 Å². The molecule has 1 aromatic heterocycles. The Morgan fingerprint density at radius 3 is 2.59 bits per heavy atom. The van der Waals surface area contributed by atoms with Crippen molar-refractivity contribution in [2.24, 2.45) is 0 Å². The van der Waals surface area contributed by atoms with Gasteiger partial charge in [-0.05, 0) is 43.0 Å². The van der Waals surface area contributed by atoms with Crippen LogP contribution in [0.2, 0.25) is 0 Å². The lowest BCUT2D eigenvalue weighted by atomic mass is 10.2. The van der Waals surface area contributed by atoms with Crippen LogP contribution >= 0.6 is 11.8 Å². The molecule has 17 heavy (non-hydrogen) atoms. The quantitative estimate of drug-likeness (QED) is 0.755. The molecule has 0 saturated heterocycles. The second-order valence-electron chi connectivity index (χ2n) is 3.61. The number of pyridine rings is 1. The van der Waals surface area contributed by atoms with E-state index in [9.17, 15) is 0 Å². The Hall–Kier alpha value is -1.48. The number of aromatic nitrogens is 1. The van der Waals surface area contributed by atoms with Crippen molar-refractivity contribution < 1.29 is 4.74 Å². The molecule has 88 valence electrons. The molecule has 0 aliphatic rings. The third-order valence-corrected chi connectivity index (χ3v) is 3.27. The summed E-state index contributed by atoms with van der Waals surface area (Å²) in [6.07, 6.45) is 6.59. The van der Waals surface area contributed by atoms with Crippen molar-refractivity contribution in [3.8, 4) is 11.5 Å². The second-order valence-corrected chi connectivity index (χ2v) is 4.49. The van der Waals surface area contributed by atoms with Crippen molar-refractivity contribution in [1.29, 1.82) is 0 Å². The lowest BCUT2D eigenvalue weighted by molar-refractivity contribution is 0.475. The van der Waals surface area contributed by atoms with E-state index in [1.165, 1.54) is 4.90 Å². The van der Waals surface area contributed by atoms with Crippen molar-refractivity contribution in [2.75, 3.05) is 6.26 Å². The van der Waals surface area contributed by atoms with Crippen LogP contribution in [-0.4, -0.2) is 11.2 Å². The summed E-state index contributed by atoms with van der Waals surface area (Å²) < 4.78 is 5.85. The molecule has 1 aromatic carbocycles. The molecular formula is C14H15NOS. The van der Waals surface area contributed by atoms with Gasteiger partial charge in [0.2, 0.25) is 0 Å². The minimum atomic E-state index is 0.865. The highest BCUT2D eigenvalue weighted by molar-refractivity contribution is 7.98. The summed E-state index contributed by atoms with van der Waals surface area (Å²) in [5.74, 6) is 1.75. The molecule has 0 saturated carbocycles. The molecule has 0 amide bonds. The molecule has 0 aliphatic carbocycles. The van der Waals surface area contributed by atoms with Gasteiger partial charge >= 0.3 is 0 Å². The lowest BCUT2D eigenvalue weighted by Gasteiger charge is -2.09. The van der Waals surface area contributed by atoms with Gasteiger partial charge < -0.3 is 4.74 Å². The number of benzene rings is 1. The summed E-state index contributed by atoms with van der Waals surface area (Å²) in [5, 5.41) is 0. The van der Waals surface area contributed by atoms with E-state index < -0.39 is 0 Å². The van der Waals surface area contributed by atoms with Crippen molar-refractivity contribution >= 4 is 11.8 Å². The van der Waals surface area contributed by atoms with Crippen LogP contribution in [0.4, 0.5) is 0 Å². The summed E-state index contributed by atoms with van der Waals surface area (Å²) in [7, 11) is 0. The standard InChI is InChI=1S/C14H15NOS/c1-3-11-10-15-9-8-14(11)16-12-4-6-13(17-2)7-5-12/h4-10H,3H2,1-2H3. The normalized spacial score (nSPS) is 10.2. The summed E-state index contributed by atoms with van der Waals surface area (Å²) in [5.41, 5.74) is 1.13. The first-order chi connectivity index (χ1) is 8.33. The largest absolute Gasteiger partial charge is 0.457 e. The van der Waals surface area contributed by atoms with E-state index in [4.69, 9.17) is 4.74 Å². The monoisotopic (exact) mass is 245 g/mol. The van der Waals surface area contributed by atoms with Gasteiger partial charge in [-0.1, -0.05) is 6.92 Å². The lowest BCUT2D eigenvalue weighted by Crippen LogP contribution is -1.91. The number of hydrogen-bond donors (Lipinski definition) is 0. The molecule has 1 heterocycles. The molecular weight excluding hydrogens is 230 g/mol. The zero-order valence-electron chi connectivity index (χ0n) is 10.0. The maximum atomic E-state index is 5.85. The van der Waals surface area contributed by atoms with Gasteiger partial charge in [0.05, 0.1) is 0 Å². The first-order valence-corrected chi connectivity index (χ1v) is 6.80. The van der Waals surface area contributed by atoms with Crippen molar-refractivity contribution in [1.82, 2.24) is 4.98 Å². The van der Waals surface area contributed by atoms with E-state index in [2.05, 4.69) is 30.3 Å².